The van der Waals surface area contributed by atoms with Gasteiger partial charge in [-0.3, -0.25) is 4.79 Å². The van der Waals surface area contributed by atoms with E-state index in [1.807, 2.05) is 36.1 Å². The SMILES string of the molecule is CC(C)C[C@H]1CN(C(=O)Cc2ccc(CO)cc2)CC[C@@]1(C)O. The molecule has 0 spiro atoms. The molecule has 0 aliphatic carbocycles. The smallest absolute Gasteiger partial charge is 0.227 e. The molecule has 1 aliphatic rings. The standard InChI is InChI=1S/C19H29NO3/c1-14(2)10-17-12-20(9-8-19(17,3)23)18(22)11-15-4-6-16(13-21)7-5-15/h4-7,14,17,21,23H,8-13H2,1-3H3/t17-,19+/m0/s1. The van der Waals surface area contributed by atoms with Crippen molar-refractivity contribution in [2.45, 2.75) is 52.2 Å². The van der Waals surface area contributed by atoms with E-state index in [9.17, 15) is 9.90 Å². The predicted octanol–water partition coefficient (Wildman–Crippen LogP) is 2.37. The lowest BCUT2D eigenvalue weighted by Gasteiger charge is -2.43. The molecule has 4 heteroatoms. The zero-order valence-electron chi connectivity index (χ0n) is 14.5. The molecule has 1 aliphatic heterocycles. The van der Waals surface area contributed by atoms with Crippen molar-refractivity contribution in [2.24, 2.45) is 11.8 Å². The van der Waals surface area contributed by atoms with Gasteiger partial charge in [0, 0.05) is 19.0 Å². The van der Waals surface area contributed by atoms with Crippen molar-refractivity contribution < 1.29 is 15.0 Å². The van der Waals surface area contributed by atoms with Crippen molar-refractivity contribution in [3.05, 3.63) is 35.4 Å². The molecule has 0 aromatic heterocycles. The van der Waals surface area contributed by atoms with Crippen molar-refractivity contribution >= 4 is 5.91 Å². The molecule has 2 rings (SSSR count). The Labute approximate surface area is 139 Å². The number of carbonyl (C=O) groups excluding carboxylic acids is 1. The summed E-state index contributed by atoms with van der Waals surface area (Å²) < 4.78 is 0. The Morgan fingerprint density at radius 1 is 1.30 bits per heavy atom. The molecule has 23 heavy (non-hydrogen) atoms. The maximum atomic E-state index is 12.6. The Morgan fingerprint density at radius 2 is 1.91 bits per heavy atom. The van der Waals surface area contributed by atoms with E-state index in [4.69, 9.17) is 5.11 Å². The van der Waals surface area contributed by atoms with E-state index in [1.54, 1.807) is 0 Å². The fraction of sp³-hybridized carbons (Fsp3) is 0.632. The number of aliphatic hydroxyl groups excluding tert-OH is 1. The van der Waals surface area contributed by atoms with Gasteiger partial charge in [-0.1, -0.05) is 38.1 Å². The van der Waals surface area contributed by atoms with Gasteiger partial charge < -0.3 is 15.1 Å². The minimum Gasteiger partial charge on any atom is -0.392 e. The van der Waals surface area contributed by atoms with Crippen molar-refractivity contribution in [3.63, 3.8) is 0 Å². The monoisotopic (exact) mass is 319 g/mol. The highest BCUT2D eigenvalue weighted by molar-refractivity contribution is 5.79. The molecule has 128 valence electrons. The van der Waals surface area contributed by atoms with Crippen molar-refractivity contribution in [1.29, 1.82) is 0 Å². The lowest BCUT2D eigenvalue weighted by molar-refractivity contribution is -0.138. The molecule has 0 unspecified atom stereocenters. The third-order valence-corrected chi connectivity index (χ3v) is 4.88. The summed E-state index contributed by atoms with van der Waals surface area (Å²) in [6.07, 6.45) is 1.95. The number of amides is 1. The Bertz CT molecular complexity index is 522. The molecular weight excluding hydrogens is 290 g/mol. The Balaban J connectivity index is 1.98. The van der Waals surface area contributed by atoms with E-state index < -0.39 is 5.60 Å². The summed E-state index contributed by atoms with van der Waals surface area (Å²) in [5, 5.41) is 19.6. The van der Waals surface area contributed by atoms with Crippen LogP contribution >= 0.6 is 0 Å². The minimum atomic E-state index is -0.677. The van der Waals surface area contributed by atoms with E-state index >= 15 is 0 Å². The molecule has 4 nitrogen and oxygen atoms in total. The molecule has 1 saturated heterocycles. The quantitative estimate of drug-likeness (QED) is 0.876. The fourth-order valence-corrected chi connectivity index (χ4v) is 3.29. The lowest BCUT2D eigenvalue weighted by Crippen LogP contribution is -2.52. The average Bonchev–Trinajstić information content (AvgIpc) is 2.49. The molecular formula is C19H29NO3. The number of hydrogen-bond donors (Lipinski definition) is 2. The van der Waals surface area contributed by atoms with Gasteiger partial charge in [0.1, 0.15) is 0 Å². The first kappa shape index (κ1) is 18.0. The van der Waals surface area contributed by atoms with Crippen molar-refractivity contribution in [2.75, 3.05) is 13.1 Å². The Hall–Kier alpha value is -1.39. The Kier molecular flexibility index (Phi) is 5.82. The van der Waals surface area contributed by atoms with Crippen LogP contribution < -0.4 is 0 Å². The van der Waals surface area contributed by atoms with Gasteiger partial charge in [0.2, 0.25) is 5.91 Å². The zero-order valence-corrected chi connectivity index (χ0v) is 14.5. The number of piperidine rings is 1. The van der Waals surface area contributed by atoms with Crippen molar-refractivity contribution in [3.8, 4) is 0 Å². The summed E-state index contributed by atoms with van der Waals surface area (Å²) in [6, 6.07) is 7.50. The second-order valence-corrected chi connectivity index (χ2v) is 7.42. The average molecular weight is 319 g/mol. The molecule has 2 atom stereocenters. The molecule has 0 saturated carbocycles. The van der Waals surface area contributed by atoms with E-state index in [2.05, 4.69) is 13.8 Å². The van der Waals surface area contributed by atoms with Crippen molar-refractivity contribution in [1.82, 2.24) is 4.90 Å². The number of carbonyl (C=O) groups is 1. The van der Waals surface area contributed by atoms with Crippen LogP contribution in [0.3, 0.4) is 0 Å². The Morgan fingerprint density at radius 3 is 2.48 bits per heavy atom. The lowest BCUT2D eigenvalue weighted by atomic mass is 9.78. The molecule has 1 aromatic carbocycles. The third-order valence-electron chi connectivity index (χ3n) is 4.88. The second kappa shape index (κ2) is 7.45. The topological polar surface area (TPSA) is 60.8 Å². The summed E-state index contributed by atoms with van der Waals surface area (Å²) in [6.45, 7) is 7.48. The minimum absolute atomic E-state index is 0.0202. The number of benzene rings is 1. The first-order valence-corrected chi connectivity index (χ1v) is 8.50. The number of likely N-dealkylation sites (tertiary alicyclic amines) is 1. The summed E-state index contributed by atoms with van der Waals surface area (Å²) in [4.78, 5) is 14.5. The predicted molar refractivity (Wildman–Crippen MR) is 90.8 cm³/mol. The van der Waals surface area contributed by atoms with Crippen LogP contribution in [-0.2, 0) is 17.8 Å². The van der Waals surface area contributed by atoms with Gasteiger partial charge in [-0.25, -0.2) is 0 Å². The molecule has 1 aromatic rings. The molecule has 1 fully saturated rings. The van der Waals surface area contributed by atoms with Gasteiger partial charge in [-0.15, -0.1) is 0 Å². The van der Waals surface area contributed by atoms with Gasteiger partial charge in [-0.05, 0) is 36.8 Å². The highest BCUT2D eigenvalue weighted by Crippen LogP contribution is 2.32. The van der Waals surface area contributed by atoms with E-state index in [0.717, 1.165) is 17.5 Å². The number of nitrogens with zero attached hydrogens (tertiary/aromatic N) is 1. The summed E-state index contributed by atoms with van der Waals surface area (Å²) in [5.41, 5.74) is 1.14. The number of aliphatic hydroxyl groups is 2. The summed E-state index contributed by atoms with van der Waals surface area (Å²) >= 11 is 0. The maximum Gasteiger partial charge on any atom is 0.227 e. The van der Waals surface area contributed by atoms with Gasteiger partial charge in [0.25, 0.3) is 0 Å². The molecule has 1 amide bonds. The maximum absolute atomic E-state index is 12.6. The van der Waals surface area contributed by atoms with Crippen LogP contribution in [0.15, 0.2) is 24.3 Å². The molecule has 2 N–H and O–H groups in total. The highest BCUT2D eigenvalue weighted by atomic mass is 16.3. The number of hydrogen-bond acceptors (Lipinski definition) is 3. The van der Waals surface area contributed by atoms with Crippen LogP contribution in [0.2, 0.25) is 0 Å². The second-order valence-electron chi connectivity index (χ2n) is 7.42. The van der Waals surface area contributed by atoms with Gasteiger partial charge in [0.05, 0.1) is 18.6 Å². The first-order valence-electron chi connectivity index (χ1n) is 8.50. The molecule has 0 bridgehead atoms. The highest BCUT2D eigenvalue weighted by Gasteiger charge is 2.38. The van der Waals surface area contributed by atoms with Crippen LogP contribution in [0.25, 0.3) is 0 Å². The first-order chi connectivity index (χ1) is 10.8. The largest absolute Gasteiger partial charge is 0.392 e. The van der Waals surface area contributed by atoms with Crippen LogP contribution in [0.5, 0.6) is 0 Å². The van der Waals surface area contributed by atoms with Crippen LogP contribution in [0, 0.1) is 11.8 Å². The fourth-order valence-electron chi connectivity index (χ4n) is 3.29. The number of rotatable bonds is 5. The van der Waals surface area contributed by atoms with Gasteiger partial charge in [0.15, 0.2) is 0 Å². The van der Waals surface area contributed by atoms with E-state index in [0.29, 0.717) is 31.8 Å². The van der Waals surface area contributed by atoms with Gasteiger partial charge in [-0.2, -0.15) is 0 Å². The van der Waals surface area contributed by atoms with Gasteiger partial charge >= 0.3 is 0 Å². The van der Waals surface area contributed by atoms with Crippen LogP contribution in [0.1, 0.15) is 44.7 Å². The van der Waals surface area contributed by atoms with Crippen LogP contribution in [0.4, 0.5) is 0 Å². The van der Waals surface area contributed by atoms with E-state index in [1.165, 1.54) is 0 Å². The third kappa shape index (κ3) is 4.79. The van der Waals surface area contributed by atoms with Crippen LogP contribution in [-0.4, -0.2) is 39.7 Å². The summed E-state index contributed by atoms with van der Waals surface area (Å²) in [5.74, 6) is 0.760. The molecule has 0 radical (unpaired) electrons. The zero-order chi connectivity index (χ0) is 17.0. The summed E-state index contributed by atoms with van der Waals surface area (Å²) in [7, 11) is 0. The normalized spacial score (nSPS) is 25.0. The molecule has 1 heterocycles. The van der Waals surface area contributed by atoms with E-state index in [-0.39, 0.29) is 18.4 Å².